The van der Waals surface area contributed by atoms with E-state index in [-0.39, 0.29) is 6.03 Å². The molecular formula is C15H20N2O3. The fourth-order valence-corrected chi connectivity index (χ4v) is 2.69. The minimum Gasteiger partial charge on any atom is -0.480 e. The molecule has 0 saturated heterocycles. The molecule has 1 aromatic carbocycles. The summed E-state index contributed by atoms with van der Waals surface area (Å²) in [5, 5.41) is 12.1. The third-order valence-electron chi connectivity index (χ3n) is 3.84. The Hall–Kier alpha value is -2.04. The van der Waals surface area contributed by atoms with Crippen LogP contribution in [0, 0.1) is 0 Å². The SMILES string of the molecule is CCN(C(=O)NC1(C(=O)O)CCCC1)c1ccccc1. The number of benzene rings is 1. The Balaban J connectivity index is 2.15. The Morgan fingerprint density at radius 2 is 1.85 bits per heavy atom. The van der Waals surface area contributed by atoms with Crippen LogP contribution in [0.15, 0.2) is 30.3 Å². The van der Waals surface area contributed by atoms with Crippen molar-refractivity contribution in [1.82, 2.24) is 5.32 Å². The number of anilines is 1. The number of carbonyl (C=O) groups excluding carboxylic acids is 1. The normalized spacial score (nSPS) is 16.6. The largest absolute Gasteiger partial charge is 0.480 e. The Morgan fingerprint density at radius 1 is 1.25 bits per heavy atom. The Bertz CT molecular complexity index is 481. The molecule has 0 heterocycles. The van der Waals surface area contributed by atoms with Crippen molar-refractivity contribution < 1.29 is 14.7 Å². The van der Waals surface area contributed by atoms with Gasteiger partial charge in [-0.1, -0.05) is 31.0 Å². The second-order valence-electron chi connectivity index (χ2n) is 5.10. The van der Waals surface area contributed by atoms with E-state index in [9.17, 15) is 14.7 Å². The molecule has 1 aliphatic rings. The maximum Gasteiger partial charge on any atom is 0.329 e. The summed E-state index contributed by atoms with van der Waals surface area (Å²) in [5.41, 5.74) is -0.328. The molecule has 2 rings (SSSR count). The average molecular weight is 276 g/mol. The molecule has 2 amide bonds. The first-order valence-corrected chi connectivity index (χ1v) is 6.97. The predicted octanol–water partition coefficient (Wildman–Crippen LogP) is 2.62. The molecule has 1 aromatic rings. The summed E-state index contributed by atoms with van der Waals surface area (Å²) >= 11 is 0. The zero-order chi connectivity index (χ0) is 14.6. The van der Waals surface area contributed by atoms with Gasteiger partial charge >= 0.3 is 12.0 Å². The smallest absolute Gasteiger partial charge is 0.329 e. The highest BCUT2D eigenvalue weighted by molar-refractivity contribution is 5.95. The third kappa shape index (κ3) is 2.76. The quantitative estimate of drug-likeness (QED) is 0.888. The lowest BCUT2D eigenvalue weighted by atomic mass is 9.98. The van der Waals surface area contributed by atoms with E-state index in [0.717, 1.165) is 18.5 Å². The van der Waals surface area contributed by atoms with Gasteiger partial charge < -0.3 is 10.4 Å². The van der Waals surface area contributed by atoms with Crippen LogP contribution in [0.1, 0.15) is 32.6 Å². The van der Waals surface area contributed by atoms with Crippen molar-refractivity contribution in [3.05, 3.63) is 30.3 Å². The summed E-state index contributed by atoms with van der Waals surface area (Å²) < 4.78 is 0. The molecule has 5 nitrogen and oxygen atoms in total. The van der Waals surface area contributed by atoms with E-state index >= 15 is 0 Å². The molecule has 0 spiro atoms. The van der Waals surface area contributed by atoms with Gasteiger partial charge in [-0.05, 0) is 31.9 Å². The molecule has 1 saturated carbocycles. The lowest BCUT2D eigenvalue weighted by Crippen LogP contribution is -2.56. The molecule has 1 fully saturated rings. The fraction of sp³-hybridized carbons (Fsp3) is 0.467. The number of carboxylic acid groups (broad SMARTS) is 1. The van der Waals surface area contributed by atoms with Crippen LogP contribution in [0.2, 0.25) is 0 Å². The van der Waals surface area contributed by atoms with Crippen molar-refractivity contribution in [2.45, 2.75) is 38.1 Å². The van der Waals surface area contributed by atoms with Crippen LogP contribution in [0.5, 0.6) is 0 Å². The molecular weight excluding hydrogens is 256 g/mol. The van der Waals surface area contributed by atoms with Gasteiger partial charge in [-0.15, -0.1) is 0 Å². The van der Waals surface area contributed by atoms with E-state index in [0.29, 0.717) is 19.4 Å². The number of para-hydroxylation sites is 1. The minimum absolute atomic E-state index is 0.344. The van der Waals surface area contributed by atoms with Crippen molar-refractivity contribution in [1.29, 1.82) is 0 Å². The highest BCUT2D eigenvalue weighted by Gasteiger charge is 2.43. The molecule has 0 bridgehead atoms. The molecule has 5 heteroatoms. The number of hydrogen-bond donors (Lipinski definition) is 2. The van der Waals surface area contributed by atoms with Gasteiger partial charge in [0.15, 0.2) is 0 Å². The van der Waals surface area contributed by atoms with Gasteiger partial charge in [0.2, 0.25) is 0 Å². The fourth-order valence-electron chi connectivity index (χ4n) is 2.69. The Kier molecular flexibility index (Phi) is 4.27. The summed E-state index contributed by atoms with van der Waals surface area (Å²) in [4.78, 5) is 25.4. The standard InChI is InChI=1S/C15H20N2O3/c1-2-17(12-8-4-3-5-9-12)14(20)16-15(13(18)19)10-6-7-11-15/h3-5,8-9H,2,6-7,10-11H2,1H3,(H,16,20)(H,18,19). The molecule has 0 unspecified atom stereocenters. The second kappa shape index (κ2) is 5.94. The summed E-state index contributed by atoms with van der Waals surface area (Å²) in [5.74, 6) is -0.938. The van der Waals surface area contributed by atoms with Gasteiger partial charge in [-0.25, -0.2) is 9.59 Å². The molecule has 0 aromatic heterocycles. The topological polar surface area (TPSA) is 69.6 Å². The summed E-state index contributed by atoms with van der Waals surface area (Å²) in [6.07, 6.45) is 2.68. The minimum atomic E-state index is -1.10. The van der Waals surface area contributed by atoms with Crippen LogP contribution in [0.3, 0.4) is 0 Å². The number of carboxylic acids is 1. The first-order valence-electron chi connectivity index (χ1n) is 6.97. The number of amides is 2. The van der Waals surface area contributed by atoms with E-state index in [1.54, 1.807) is 4.90 Å². The zero-order valence-corrected chi connectivity index (χ0v) is 11.6. The summed E-state index contributed by atoms with van der Waals surface area (Å²) in [6.45, 7) is 2.36. The van der Waals surface area contributed by atoms with Gasteiger partial charge in [0.1, 0.15) is 5.54 Å². The first kappa shape index (κ1) is 14.4. The number of urea groups is 1. The van der Waals surface area contributed by atoms with Gasteiger partial charge in [0.25, 0.3) is 0 Å². The highest BCUT2D eigenvalue weighted by Crippen LogP contribution is 2.30. The number of carbonyl (C=O) groups is 2. The van der Waals surface area contributed by atoms with E-state index < -0.39 is 11.5 Å². The van der Waals surface area contributed by atoms with Gasteiger partial charge in [-0.2, -0.15) is 0 Å². The van der Waals surface area contributed by atoms with E-state index in [1.165, 1.54) is 0 Å². The van der Waals surface area contributed by atoms with Crippen LogP contribution >= 0.6 is 0 Å². The predicted molar refractivity (Wildman–Crippen MR) is 76.8 cm³/mol. The number of nitrogens with one attached hydrogen (secondary N) is 1. The number of aliphatic carboxylic acids is 1. The third-order valence-corrected chi connectivity index (χ3v) is 3.84. The second-order valence-corrected chi connectivity index (χ2v) is 5.10. The Labute approximate surface area is 118 Å². The molecule has 0 aliphatic heterocycles. The van der Waals surface area contributed by atoms with Crippen LogP contribution in [-0.2, 0) is 4.79 Å². The number of rotatable bonds is 4. The van der Waals surface area contributed by atoms with E-state index in [1.807, 2.05) is 37.3 Å². The molecule has 108 valence electrons. The van der Waals surface area contributed by atoms with E-state index in [4.69, 9.17) is 0 Å². The monoisotopic (exact) mass is 276 g/mol. The summed E-state index contributed by atoms with van der Waals surface area (Å²) in [6, 6.07) is 8.92. The molecule has 0 atom stereocenters. The molecule has 20 heavy (non-hydrogen) atoms. The van der Waals surface area contributed by atoms with Crippen LogP contribution in [-0.4, -0.2) is 29.2 Å². The summed E-state index contributed by atoms with van der Waals surface area (Å²) in [7, 11) is 0. The van der Waals surface area contributed by atoms with Crippen molar-refractivity contribution in [3.8, 4) is 0 Å². The lowest BCUT2D eigenvalue weighted by Gasteiger charge is -2.30. The molecule has 2 N–H and O–H groups in total. The lowest BCUT2D eigenvalue weighted by molar-refractivity contribution is -0.144. The first-order chi connectivity index (χ1) is 9.59. The van der Waals surface area contributed by atoms with Crippen molar-refractivity contribution >= 4 is 17.7 Å². The van der Waals surface area contributed by atoms with Crippen molar-refractivity contribution in [2.75, 3.05) is 11.4 Å². The van der Waals surface area contributed by atoms with Gasteiger partial charge in [-0.3, -0.25) is 4.90 Å². The number of nitrogens with zero attached hydrogens (tertiary/aromatic N) is 1. The Morgan fingerprint density at radius 3 is 2.35 bits per heavy atom. The van der Waals surface area contributed by atoms with Crippen LogP contribution in [0.25, 0.3) is 0 Å². The van der Waals surface area contributed by atoms with Crippen LogP contribution in [0.4, 0.5) is 10.5 Å². The van der Waals surface area contributed by atoms with E-state index in [2.05, 4.69) is 5.32 Å². The average Bonchev–Trinajstić information content (AvgIpc) is 2.90. The molecule has 1 aliphatic carbocycles. The van der Waals surface area contributed by atoms with Crippen molar-refractivity contribution in [3.63, 3.8) is 0 Å². The molecule has 0 radical (unpaired) electrons. The van der Waals surface area contributed by atoms with Crippen LogP contribution < -0.4 is 10.2 Å². The highest BCUT2D eigenvalue weighted by atomic mass is 16.4. The maximum atomic E-state index is 12.4. The van der Waals surface area contributed by atoms with Gasteiger partial charge in [0.05, 0.1) is 0 Å². The maximum absolute atomic E-state index is 12.4. The van der Waals surface area contributed by atoms with Crippen molar-refractivity contribution in [2.24, 2.45) is 0 Å². The zero-order valence-electron chi connectivity index (χ0n) is 11.6. The van der Waals surface area contributed by atoms with Gasteiger partial charge in [0, 0.05) is 12.2 Å². The number of hydrogen-bond acceptors (Lipinski definition) is 2.